The highest BCUT2D eigenvalue weighted by Crippen LogP contribution is 2.34. The van der Waals surface area contributed by atoms with Crippen LogP contribution in [0.4, 0.5) is 0 Å². The Morgan fingerprint density at radius 1 is 1.16 bits per heavy atom. The van der Waals surface area contributed by atoms with E-state index in [9.17, 15) is 0 Å². The summed E-state index contributed by atoms with van der Waals surface area (Å²) in [5.74, 6) is 3.04. The van der Waals surface area contributed by atoms with E-state index in [0.717, 1.165) is 43.3 Å². The Morgan fingerprint density at radius 2 is 2.04 bits per heavy atom. The molecule has 5 rings (SSSR count). The minimum atomic E-state index is -0.0408. The molecule has 2 aliphatic heterocycles. The summed E-state index contributed by atoms with van der Waals surface area (Å²) in [4.78, 5) is 6.98. The van der Waals surface area contributed by atoms with Crippen LogP contribution in [-0.4, -0.2) is 47.4 Å². The SMILES string of the molecule is c1cc(-c2noc(C3CCCO3)n2)ccc1OCC1CN1CC1CC1. The molecule has 1 saturated carbocycles. The van der Waals surface area contributed by atoms with Crippen LogP contribution in [-0.2, 0) is 4.74 Å². The molecule has 6 nitrogen and oxygen atoms in total. The van der Waals surface area contributed by atoms with Crippen molar-refractivity contribution >= 4 is 0 Å². The Bertz CT molecular complexity index is 720. The summed E-state index contributed by atoms with van der Waals surface area (Å²) in [6.45, 7) is 3.99. The smallest absolute Gasteiger partial charge is 0.256 e. The molecule has 0 N–H and O–H groups in total. The van der Waals surface area contributed by atoms with Gasteiger partial charge in [0.25, 0.3) is 5.89 Å². The second kappa shape index (κ2) is 6.42. The van der Waals surface area contributed by atoms with E-state index in [2.05, 4.69) is 15.0 Å². The molecule has 1 aliphatic carbocycles. The van der Waals surface area contributed by atoms with Gasteiger partial charge in [-0.2, -0.15) is 4.98 Å². The summed E-state index contributed by atoms with van der Waals surface area (Å²) >= 11 is 0. The van der Waals surface area contributed by atoms with Crippen molar-refractivity contribution in [3.63, 3.8) is 0 Å². The van der Waals surface area contributed by atoms with E-state index in [4.69, 9.17) is 14.0 Å². The molecule has 3 unspecified atom stereocenters. The Hall–Kier alpha value is -1.92. The molecule has 2 saturated heterocycles. The summed E-state index contributed by atoms with van der Waals surface area (Å²) in [7, 11) is 0. The van der Waals surface area contributed by atoms with Gasteiger partial charge in [-0.15, -0.1) is 0 Å². The number of ether oxygens (including phenoxy) is 2. The third-order valence-corrected chi connectivity index (χ3v) is 5.22. The van der Waals surface area contributed by atoms with Gasteiger partial charge >= 0.3 is 0 Å². The Morgan fingerprint density at radius 3 is 2.80 bits per heavy atom. The van der Waals surface area contributed by atoms with Crippen molar-refractivity contribution in [2.24, 2.45) is 5.92 Å². The number of hydrogen-bond acceptors (Lipinski definition) is 6. The van der Waals surface area contributed by atoms with Gasteiger partial charge in [-0.05, 0) is 55.9 Å². The van der Waals surface area contributed by atoms with Gasteiger partial charge in [0.1, 0.15) is 18.5 Å². The molecule has 132 valence electrons. The van der Waals surface area contributed by atoms with Crippen molar-refractivity contribution in [1.29, 1.82) is 0 Å². The zero-order valence-electron chi connectivity index (χ0n) is 14.3. The summed E-state index contributed by atoms with van der Waals surface area (Å²) in [5.41, 5.74) is 0.933. The molecular weight excluding hydrogens is 318 g/mol. The maximum Gasteiger partial charge on any atom is 0.256 e. The molecule has 0 radical (unpaired) electrons. The summed E-state index contributed by atoms with van der Waals surface area (Å²) in [6, 6.07) is 8.52. The second-order valence-electron chi connectivity index (χ2n) is 7.34. The molecule has 2 aromatic rings. The van der Waals surface area contributed by atoms with E-state index in [-0.39, 0.29) is 6.10 Å². The van der Waals surface area contributed by atoms with E-state index < -0.39 is 0 Å². The van der Waals surface area contributed by atoms with Crippen molar-refractivity contribution in [1.82, 2.24) is 15.0 Å². The van der Waals surface area contributed by atoms with Crippen LogP contribution in [0.3, 0.4) is 0 Å². The Balaban J connectivity index is 1.16. The molecule has 3 atom stereocenters. The minimum absolute atomic E-state index is 0.0408. The fraction of sp³-hybridized carbons (Fsp3) is 0.579. The van der Waals surface area contributed by atoms with Crippen LogP contribution in [0.5, 0.6) is 5.75 Å². The van der Waals surface area contributed by atoms with Crippen LogP contribution >= 0.6 is 0 Å². The number of benzene rings is 1. The molecule has 3 heterocycles. The predicted octanol–water partition coefficient (Wildman–Crippen LogP) is 3.06. The normalized spacial score (nSPS) is 28.2. The van der Waals surface area contributed by atoms with Crippen molar-refractivity contribution in [2.45, 2.75) is 37.8 Å². The molecule has 25 heavy (non-hydrogen) atoms. The van der Waals surface area contributed by atoms with Gasteiger partial charge in [0, 0.05) is 25.3 Å². The van der Waals surface area contributed by atoms with Gasteiger partial charge in [0.05, 0.1) is 6.04 Å². The highest BCUT2D eigenvalue weighted by molar-refractivity contribution is 5.55. The quantitative estimate of drug-likeness (QED) is 0.722. The van der Waals surface area contributed by atoms with E-state index in [1.165, 1.54) is 25.9 Å². The first-order chi connectivity index (χ1) is 12.3. The molecule has 1 aromatic carbocycles. The number of nitrogens with zero attached hydrogens (tertiary/aromatic N) is 3. The van der Waals surface area contributed by atoms with Gasteiger partial charge < -0.3 is 14.0 Å². The summed E-state index contributed by atoms with van der Waals surface area (Å²) in [5, 5.41) is 4.07. The van der Waals surface area contributed by atoms with Crippen molar-refractivity contribution in [3.05, 3.63) is 30.2 Å². The van der Waals surface area contributed by atoms with Crippen LogP contribution in [0.15, 0.2) is 28.8 Å². The zero-order chi connectivity index (χ0) is 16.6. The summed E-state index contributed by atoms with van der Waals surface area (Å²) < 4.78 is 16.8. The monoisotopic (exact) mass is 341 g/mol. The third-order valence-electron chi connectivity index (χ3n) is 5.22. The van der Waals surface area contributed by atoms with Gasteiger partial charge in [-0.1, -0.05) is 5.16 Å². The van der Waals surface area contributed by atoms with Gasteiger partial charge in [-0.25, -0.2) is 0 Å². The molecule has 3 aliphatic rings. The lowest BCUT2D eigenvalue weighted by Crippen LogP contribution is -2.12. The van der Waals surface area contributed by atoms with Crippen molar-refractivity contribution in [3.8, 4) is 17.1 Å². The molecule has 6 heteroatoms. The van der Waals surface area contributed by atoms with E-state index in [1.807, 2.05) is 24.3 Å². The first-order valence-electron chi connectivity index (χ1n) is 9.27. The van der Waals surface area contributed by atoms with Gasteiger partial charge in [0.2, 0.25) is 5.82 Å². The topological polar surface area (TPSA) is 60.4 Å². The van der Waals surface area contributed by atoms with Crippen LogP contribution in [0.2, 0.25) is 0 Å². The molecule has 0 bridgehead atoms. The van der Waals surface area contributed by atoms with Crippen molar-refractivity contribution in [2.75, 3.05) is 26.3 Å². The fourth-order valence-electron chi connectivity index (χ4n) is 3.39. The first kappa shape index (κ1) is 15.3. The minimum Gasteiger partial charge on any atom is -0.492 e. The van der Waals surface area contributed by atoms with Gasteiger partial charge in [-0.3, -0.25) is 4.90 Å². The number of aromatic nitrogens is 2. The Labute approximate surface area is 147 Å². The lowest BCUT2D eigenvalue weighted by molar-refractivity contribution is 0.0835. The average Bonchev–Trinajstić information content (AvgIpc) is 3.46. The van der Waals surface area contributed by atoms with Crippen LogP contribution in [0.1, 0.15) is 37.7 Å². The Kier molecular flexibility index (Phi) is 3.94. The second-order valence-corrected chi connectivity index (χ2v) is 7.34. The molecule has 0 spiro atoms. The highest BCUT2D eigenvalue weighted by atomic mass is 16.5. The maximum absolute atomic E-state index is 5.91. The summed E-state index contributed by atoms with van der Waals surface area (Å²) in [6.07, 6.45) is 4.79. The van der Waals surface area contributed by atoms with E-state index in [0.29, 0.717) is 17.8 Å². The van der Waals surface area contributed by atoms with E-state index in [1.54, 1.807) is 0 Å². The number of rotatable bonds is 7. The molecule has 0 amide bonds. The van der Waals surface area contributed by atoms with Crippen LogP contribution in [0.25, 0.3) is 11.4 Å². The molecule has 1 aromatic heterocycles. The zero-order valence-corrected chi connectivity index (χ0v) is 14.3. The lowest BCUT2D eigenvalue weighted by Gasteiger charge is -2.06. The van der Waals surface area contributed by atoms with E-state index >= 15 is 0 Å². The fourth-order valence-corrected chi connectivity index (χ4v) is 3.39. The average molecular weight is 341 g/mol. The largest absolute Gasteiger partial charge is 0.492 e. The van der Waals surface area contributed by atoms with Crippen LogP contribution in [0, 0.1) is 5.92 Å². The van der Waals surface area contributed by atoms with Crippen molar-refractivity contribution < 1.29 is 14.0 Å². The van der Waals surface area contributed by atoms with Gasteiger partial charge in [0.15, 0.2) is 0 Å². The molecule has 3 fully saturated rings. The molecular formula is C19H23N3O3. The number of hydrogen-bond donors (Lipinski definition) is 0. The highest BCUT2D eigenvalue weighted by Gasteiger charge is 2.38. The standard InChI is InChI=1S/C19H23N3O3/c1-2-17(23-9-1)19-20-18(21-25-19)14-5-7-16(8-6-14)24-12-15-11-22(15)10-13-3-4-13/h5-8,13,15,17H,1-4,9-12H2. The maximum atomic E-state index is 5.91. The predicted molar refractivity (Wildman–Crippen MR) is 91.2 cm³/mol. The first-order valence-corrected chi connectivity index (χ1v) is 9.27. The van der Waals surface area contributed by atoms with Crippen LogP contribution < -0.4 is 4.74 Å². The third kappa shape index (κ3) is 3.55. The lowest BCUT2D eigenvalue weighted by atomic mass is 10.2.